The van der Waals surface area contributed by atoms with Crippen LogP contribution in [0.3, 0.4) is 0 Å². The van der Waals surface area contributed by atoms with Crippen molar-refractivity contribution in [2.45, 2.75) is 19.9 Å². The Labute approximate surface area is 188 Å². The molecular formula is C24H30FN3O4. The summed E-state index contributed by atoms with van der Waals surface area (Å²) in [6.07, 6.45) is 0. The van der Waals surface area contributed by atoms with Gasteiger partial charge in [0, 0.05) is 43.0 Å². The molecule has 8 heteroatoms. The number of hydrogen-bond acceptors (Lipinski definition) is 6. The lowest BCUT2D eigenvalue weighted by Gasteiger charge is -2.37. The van der Waals surface area contributed by atoms with Crippen molar-refractivity contribution in [1.29, 1.82) is 0 Å². The van der Waals surface area contributed by atoms with Gasteiger partial charge in [-0.1, -0.05) is 6.92 Å². The van der Waals surface area contributed by atoms with Crippen LogP contribution in [0.15, 0.2) is 30.3 Å². The number of piperazine rings is 1. The third kappa shape index (κ3) is 4.60. The lowest BCUT2D eigenvalue weighted by Crippen LogP contribution is -2.46. The number of rotatable bonds is 6. The Morgan fingerprint density at radius 3 is 2.62 bits per heavy atom. The fourth-order valence-electron chi connectivity index (χ4n) is 4.23. The molecule has 172 valence electrons. The molecule has 2 aliphatic rings. The van der Waals surface area contributed by atoms with Gasteiger partial charge in [-0.15, -0.1) is 0 Å². The lowest BCUT2D eigenvalue weighted by molar-refractivity contribution is 0.0938. The third-order valence-electron chi connectivity index (χ3n) is 6.05. The number of benzene rings is 2. The molecule has 2 aliphatic heterocycles. The standard InChI is InChI=1S/C24H30FN3O4/c1-4-27-7-9-28(10-8-27)20-6-5-18(25)15-19(20)16(2)26-24(29)17-13-21(30-3)23-22(14-17)31-11-12-32-23/h5-6,13-16H,4,7-12H2,1-3H3,(H,26,29). The molecule has 0 spiro atoms. The van der Waals surface area contributed by atoms with E-state index in [9.17, 15) is 9.18 Å². The Hall–Kier alpha value is -3.00. The summed E-state index contributed by atoms with van der Waals surface area (Å²) >= 11 is 0. The van der Waals surface area contributed by atoms with Crippen molar-refractivity contribution in [1.82, 2.24) is 10.2 Å². The maximum absolute atomic E-state index is 14.2. The van der Waals surface area contributed by atoms with Crippen LogP contribution in [0, 0.1) is 5.82 Å². The van der Waals surface area contributed by atoms with Crippen LogP contribution < -0.4 is 24.4 Å². The lowest BCUT2D eigenvalue weighted by atomic mass is 10.0. The zero-order valence-electron chi connectivity index (χ0n) is 18.8. The van der Waals surface area contributed by atoms with Crippen LogP contribution in [0.1, 0.15) is 35.8 Å². The second-order valence-corrected chi connectivity index (χ2v) is 8.02. The van der Waals surface area contributed by atoms with Gasteiger partial charge >= 0.3 is 0 Å². The normalized spacial score (nSPS) is 17.1. The maximum atomic E-state index is 14.2. The number of fused-ring (bicyclic) bond motifs is 1. The molecule has 1 N–H and O–H groups in total. The average molecular weight is 444 g/mol. The summed E-state index contributed by atoms with van der Waals surface area (Å²) in [5, 5.41) is 3.00. The second-order valence-electron chi connectivity index (χ2n) is 8.02. The number of carbonyl (C=O) groups excluding carboxylic acids is 1. The van der Waals surface area contributed by atoms with Crippen molar-refractivity contribution >= 4 is 11.6 Å². The number of carbonyl (C=O) groups is 1. The van der Waals surface area contributed by atoms with Gasteiger partial charge in [0.2, 0.25) is 5.75 Å². The highest BCUT2D eigenvalue weighted by atomic mass is 19.1. The van der Waals surface area contributed by atoms with Crippen LogP contribution in [0.5, 0.6) is 17.2 Å². The fraction of sp³-hybridized carbons (Fsp3) is 0.458. The van der Waals surface area contributed by atoms with E-state index in [0.29, 0.717) is 36.0 Å². The van der Waals surface area contributed by atoms with E-state index in [-0.39, 0.29) is 11.7 Å². The van der Waals surface area contributed by atoms with E-state index in [2.05, 4.69) is 22.0 Å². The number of nitrogens with zero attached hydrogens (tertiary/aromatic N) is 2. The zero-order chi connectivity index (χ0) is 22.7. The van der Waals surface area contributed by atoms with Crippen LogP contribution in [0.4, 0.5) is 10.1 Å². The molecule has 2 aromatic rings. The first-order valence-corrected chi connectivity index (χ1v) is 11.1. The van der Waals surface area contributed by atoms with E-state index in [1.807, 2.05) is 13.0 Å². The first kappa shape index (κ1) is 22.2. The second kappa shape index (κ2) is 9.65. The smallest absolute Gasteiger partial charge is 0.252 e. The van der Waals surface area contributed by atoms with Crippen molar-refractivity contribution in [3.8, 4) is 17.2 Å². The number of methoxy groups -OCH3 is 1. The van der Waals surface area contributed by atoms with Gasteiger partial charge in [-0.3, -0.25) is 4.79 Å². The predicted molar refractivity (Wildman–Crippen MR) is 121 cm³/mol. The number of ether oxygens (including phenoxy) is 3. The van der Waals surface area contributed by atoms with E-state index in [1.165, 1.54) is 19.2 Å². The molecule has 2 aromatic carbocycles. The van der Waals surface area contributed by atoms with Crippen molar-refractivity contribution in [3.05, 3.63) is 47.3 Å². The Morgan fingerprint density at radius 1 is 1.16 bits per heavy atom. The van der Waals surface area contributed by atoms with Gasteiger partial charge < -0.3 is 29.3 Å². The predicted octanol–water partition coefficient (Wildman–Crippen LogP) is 3.24. The van der Waals surface area contributed by atoms with E-state index >= 15 is 0 Å². The number of anilines is 1. The third-order valence-corrected chi connectivity index (χ3v) is 6.05. The highest BCUT2D eigenvalue weighted by molar-refractivity contribution is 5.96. The largest absolute Gasteiger partial charge is 0.493 e. The Bertz CT molecular complexity index is 959. The van der Waals surface area contributed by atoms with E-state index in [1.54, 1.807) is 12.1 Å². The summed E-state index contributed by atoms with van der Waals surface area (Å²) in [5.41, 5.74) is 2.11. The van der Waals surface area contributed by atoms with Gasteiger partial charge in [0.05, 0.1) is 13.2 Å². The van der Waals surface area contributed by atoms with Gasteiger partial charge in [-0.05, 0) is 43.8 Å². The minimum absolute atomic E-state index is 0.293. The number of nitrogens with one attached hydrogen (secondary N) is 1. The molecule has 1 amide bonds. The molecule has 1 saturated heterocycles. The summed E-state index contributed by atoms with van der Waals surface area (Å²) in [7, 11) is 1.52. The highest BCUT2D eigenvalue weighted by Gasteiger charge is 2.24. The molecule has 0 bridgehead atoms. The molecule has 0 radical (unpaired) electrons. The fourth-order valence-corrected chi connectivity index (χ4v) is 4.23. The Kier molecular flexibility index (Phi) is 6.69. The molecule has 7 nitrogen and oxygen atoms in total. The summed E-state index contributed by atoms with van der Waals surface area (Å²) in [4.78, 5) is 17.7. The van der Waals surface area contributed by atoms with Crippen LogP contribution in [-0.4, -0.2) is 63.9 Å². The molecule has 1 atom stereocenters. The molecule has 0 aliphatic carbocycles. The SMILES string of the molecule is CCN1CCN(c2ccc(F)cc2C(C)NC(=O)c2cc(OC)c3c(c2)OCCO3)CC1. The van der Waals surface area contributed by atoms with Crippen LogP contribution >= 0.6 is 0 Å². The van der Waals surface area contributed by atoms with Gasteiger partial charge in [-0.2, -0.15) is 0 Å². The molecule has 1 fully saturated rings. The van der Waals surface area contributed by atoms with Gasteiger partial charge in [0.1, 0.15) is 19.0 Å². The first-order valence-electron chi connectivity index (χ1n) is 11.1. The average Bonchev–Trinajstić information content (AvgIpc) is 2.83. The first-order chi connectivity index (χ1) is 15.5. The summed E-state index contributed by atoms with van der Waals surface area (Å²) in [5.74, 6) is 0.813. The molecule has 32 heavy (non-hydrogen) atoms. The quantitative estimate of drug-likeness (QED) is 0.740. The summed E-state index contributed by atoms with van der Waals surface area (Å²) < 4.78 is 30.8. The molecule has 0 aromatic heterocycles. The molecule has 1 unspecified atom stereocenters. The monoisotopic (exact) mass is 443 g/mol. The van der Waals surface area contributed by atoms with E-state index < -0.39 is 6.04 Å². The van der Waals surface area contributed by atoms with Crippen molar-refractivity contribution < 1.29 is 23.4 Å². The zero-order valence-corrected chi connectivity index (χ0v) is 18.8. The van der Waals surface area contributed by atoms with Crippen molar-refractivity contribution in [2.75, 3.05) is 57.9 Å². The number of likely N-dealkylation sites (N-methyl/N-ethyl adjacent to an activating group) is 1. The van der Waals surface area contributed by atoms with Crippen molar-refractivity contribution in [3.63, 3.8) is 0 Å². The van der Waals surface area contributed by atoms with Crippen molar-refractivity contribution in [2.24, 2.45) is 0 Å². The molecule has 2 heterocycles. The molecular weight excluding hydrogens is 413 g/mol. The van der Waals surface area contributed by atoms with Gasteiger partial charge in [0.25, 0.3) is 5.91 Å². The Balaban J connectivity index is 1.55. The molecule has 4 rings (SSSR count). The number of hydrogen-bond donors (Lipinski definition) is 1. The topological polar surface area (TPSA) is 63.3 Å². The highest BCUT2D eigenvalue weighted by Crippen LogP contribution is 2.40. The maximum Gasteiger partial charge on any atom is 0.252 e. The number of amides is 1. The number of halogens is 1. The summed E-state index contributed by atoms with van der Waals surface area (Å²) in [6, 6.07) is 7.68. The van der Waals surface area contributed by atoms with E-state index in [0.717, 1.165) is 44.0 Å². The summed E-state index contributed by atoms with van der Waals surface area (Å²) in [6.45, 7) is 9.55. The van der Waals surface area contributed by atoms with Gasteiger partial charge in [-0.25, -0.2) is 4.39 Å². The van der Waals surface area contributed by atoms with E-state index in [4.69, 9.17) is 14.2 Å². The van der Waals surface area contributed by atoms with Crippen LogP contribution in [0.25, 0.3) is 0 Å². The minimum Gasteiger partial charge on any atom is -0.493 e. The minimum atomic E-state index is -0.392. The van der Waals surface area contributed by atoms with Crippen LogP contribution in [-0.2, 0) is 0 Å². The van der Waals surface area contributed by atoms with Crippen LogP contribution in [0.2, 0.25) is 0 Å². The molecule has 0 saturated carbocycles. The Morgan fingerprint density at radius 2 is 1.91 bits per heavy atom. The van der Waals surface area contributed by atoms with Gasteiger partial charge in [0.15, 0.2) is 11.5 Å².